The predicted octanol–water partition coefficient (Wildman–Crippen LogP) is 2.04. The number of benzene rings is 1. The van der Waals surface area contributed by atoms with Crippen LogP contribution >= 0.6 is 23.5 Å². The van der Waals surface area contributed by atoms with Gasteiger partial charge in [-0.2, -0.15) is 0 Å². The number of amides is 1. The summed E-state index contributed by atoms with van der Waals surface area (Å²) in [5, 5.41) is 34.9. The zero-order valence-corrected chi connectivity index (χ0v) is 25.9. The molecule has 4 N–H and O–H groups in total. The molecule has 2 saturated heterocycles. The number of aliphatic hydroxyl groups excluding tert-OH is 3. The summed E-state index contributed by atoms with van der Waals surface area (Å²) in [5.41, 5.74) is 0.617. The van der Waals surface area contributed by atoms with Crippen LogP contribution in [0, 0.1) is 5.92 Å². The Bertz CT molecular complexity index is 1010. The van der Waals surface area contributed by atoms with Crippen molar-refractivity contribution in [3.8, 4) is 0 Å². The molecular formula is C29H45N3O6S2. The number of rotatable bonds is 12. The predicted molar refractivity (Wildman–Crippen MR) is 161 cm³/mol. The second-order valence-electron chi connectivity index (χ2n) is 11.1. The monoisotopic (exact) mass is 595 g/mol. The standard InChI is InChI=1S/C29H45N3O6S2/c1-7-8-18-13-22(32(5)14-18)28(37)30-23(27-25(35)24(34)26(36)29(38-27)39-6)17(2)40-21-11-9-19(10-12-21)20(16-33)15-31(3)4/h9-12,15-18,22-27,29,34-36H,7-8,13-14H2,1-6H3,(H,30,37)/b20-15+/t17-,18+,22-,23-,24-,25+,26+,27?,29+/m0/s1. The van der Waals surface area contributed by atoms with Gasteiger partial charge in [0.25, 0.3) is 0 Å². The van der Waals surface area contributed by atoms with Crippen LogP contribution in [0.1, 0.15) is 38.7 Å². The molecule has 0 aromatic heterocycles. The number of thioether (sulfide) groups is 2. The third kappa shape index (κ3) is 8.02. The number of ether oxygens (including phenoxy) is 1. The number of aldehydes is 1. The van der Waals surface area contributed by atoms with Crippen molar-refractivity contribution in [2.24, 2.45) is 5.92 Å². The van der Waals surface area contributed by atoms with Crippen LogP contribution in [0.25, 0.3) is 5.57 Å². The third-order valence-corrected chi connectivity index (χ3v) is 9.74. The van der Waals surface area contributed by atoms with E-state index < -0.39 is 35.9 Å². The Balaban J connectivity index is 1.84. The van der Waals surface area contributed by atoms with E-state index in [0.717, 1.165) is 42.6 Å². The zero-order valence-electron chi connectivity index (χ0n) is 24.3. The van der Waals surface area contributed by atoms with Gasteiger partial charge in [0.2, 0.25) is 5.91 Å². The highest BCUT2D eigenvalue weighted by Gasteiger charge is 2.48. The van der Waals surface area contributed by atoms with Crippen molar-refractivity contribution in [2.45, 2.75) is 85.2 Å². The second kappa shape index (κ2) is 15.0. The van der Waals surface area contributed by atoms with Gasteiger partial charge in [-0.1, -0.05) is 32.4 Å². The molecule has 9 nitrogen and oxygen atoms in total. The number of likely N-dealkylation sites (N-methyl/N-ethyl adjacent to an activating group) is 1. The topological polar surface area (TPSA) is 123 Å². The van der Waals surface area contributed by atoms with E-state index >= 15 is 0 Å². The first-order valence-electron chi connectivity index (χ1n) is 13.8. The number of allylic oxidation sites excluding steroid dienone is 1. The van der Waals surface area contributed by atoms with Crippen molar-refractivity contribution in [2.75, 3.05) is 33.9 Å². The van der Waals surface area contributed by atoms with Crippen LogP contribution in [-0.4, -0.2) is 118 Å². The van der Waals surface area contributed by atoms with E-state index in [1.807, 2.05) is 57.2 Å². The maximum Gasteiger partial charge on any atom is 0.237 e. The first-order valence-corrected chi connectivity index (χ1v) is 16.0. The third-order valence-electron chi connectivity index (χ3n) is 7.68. The van der Waals surface area contributed by atoms with Crippen molar-refractivity contribution in [1.82, 2.24) is 15.1 Å². The van der Waals surface area contributed by atoms with Gasteiger partial charge in [0.1, 0.15) is 29.9 Å². The number of nitrogens with one attached hydrogen (secondary N) is 1. The molecule has 1 amide bonds. The molecule has 40 heavy (non-hydrogen) atoms. The van der Waals surface area contributed by atoms with Crippen LogP contribution in [0.3, 0.4) is 0 Å². The molecule has 0 radical (unpaired) electrons. The van der Waals surface area contributed by atoms with Crippen LogP contribution in [-0.2, 0) is 14.3 Å². The van der Waals surface area contributed by atoms with Crippen molar-refractivity contribution in [3.63, 3.8) is 0 Å². The first kappa shape index (κ1) is 32.9. The molecule has 1 aromatic carbocycles. The number of hydrogen-bond acceptors (Lipinski definition) is 10. The largest absolute Gasteiger partial charge is 0.388 e. The molecule has 0 saturated carbocycles. The Labute approximate surface area is 246 Å². The molecule has 3 rings (SSSR count). The molecule has 2 fully saturated rings. The molecule has 1 aromatic rings. The lowest BCUT2D eigenvalue weighted by atomic mass is 9.92. The molecule has 0 aliphatic carbocycles. The van der Waals surface area contributed by atoms with Gasteiger partial charge in [-0.3, -0.25) is 14.5 Å². The van der Waals surface area contributed by atoms with E-state index in [1.54, 1.807) is 12.5 Å². The van der Waals surface area contributed by atoms with Crippen molar-refractivity contribution < 1.29 is 29.6 Å². The SMILES string of the molecule is CCC[C@@H]1C[C@@H](C(=O)N[C@H](C2O[C@H](SC)[C@H](O)[C@@H](O)[C@H]2O)[C@H](C)Sc2ccc(/C(C=O)=C/N(C)C)cc2)N(C)C1. The lowest BCUT2D eigenvalue weighted by Gasteiger charge is -2.44. The molecule has 0 bridgehead atoms. The Morgan fingerprint density at radius 1 is 1.20 bits per heavy atom. The zero-order chi connectivity index (χ0) is 29.6. The smallest absolute Gasteiger partial charge is 0.237 e. The van der Waals surface area contributed by atoms with Gasteiger partial charge >= 0.3 is 0 Å². The Morgan fingerprint density at radius 2 is 1.88 bits per heavy atom. The first-order chi connectivity index (χ1) is 19.0. The highest BCUT2D eigenvalue weighted by molar-refractivity contribution is 8.00. The van der Waals surface area contributed by atoms with Gasteiger partial charge in [-0.15, -0.1) is 23.5 Å². The number of aliphatic hydroxyl groups is 3. The van der Waals surface area contributed by atoms with Crippen LogP contribution < -0.4 is 5.32 Å². The molecule has 2 aliphatic rings. The molecule has 2 heterocycles. The average Bonchev–Trinajstić information content (AvgIpc) is 3.30. The summed E-state index contributed by atoms with van der Waals surface area (Å²) in [7, 11) is 5.68. The lowest BCUT2D eigenvalue weighted by molar-refractivity contribution is -0.205. The fraction of sp³-hybridized carbons (Fsp3) is 0.655. The summed E-state index contributed by atoms with van der Waals surface area (Å²) in [4.78, 5) is 30.0. The minimum Gasteiger partial charge on any atom is -0.388 e. The molecule has 1 unspecified atom stereocenters. The van der Waals surface area contributed by atoms with Gasteiger partial charge < -0.3 is 30.3 Å². The number of carbonyl (C=O) groups excluding carboxylic acids is 2. The summed E-state index contributed by atoms with van der Waals surface area (Å²) in [6, 6.07) is 6.66. The van der Waals surface area contributed by atoms with Crippen LogP contribution in [0.4, 0.5) is 0 Å². The fourth-order valence-corrected chi connectivity index (χ4v) is 7.36. The van der Waals surface area contributed by atoms with Gasteiger partial charge in [-0.05, 0) is 49.8 Å². The van der Waals surface area contributed by atoms with E-state index in [9.17, 15) is 24.9 Å². The van der Waals surface area contributed by atoms with Gasteiger partial charge in [-0.25, -0.2) is 0 Å². The van der Waals surface area contributed by atoms with E-state index in [4.69, 9.17) is 4.74 Å². The number of likely N-dealkylation sites (tertiary alicyclic amines) is 1. The molecule has 9 atom stereocenters. The highest BCUT2D eigenvalue weighted by atomic mass is 32.2. The van der Waals surface area contributed by atoms with Gasteiger partial charge in [0.05, 0.1) is 12.1 Å². The summed E-state index contributed by atoms with van der Waals surface area (Å²) in [6.07, 6.45) is 2.31. The Hall–Kier alpha value is -1.60. The van der Waals surface area contributed by atoms with Crippen molar-refractivity contribution in [1.29, 1.82) is 0 Å². The number of nitrogens with zero attached hydrogens (tertiary/aromatic N) is 2. The Kier molecular flexibility index (Phi) is 12.4. The minimum absolute atomic E-state index is 0.129. The van der Waals surface area contributed by atoms with Crippen LogP contribution in [0.15, 0.2) is 35.4 Å². The van der Waals surface area contributed by atoms with Gasteiger partial charge in [0.15, 0.2) is 6.29 Å². The molecule has 11 heteroatoms. The molecule has 0 spiro atoms. The summed E-state index contributed by atoms with van der Waals surface area (Å²) in [5.74, 6) is 0.331. The van der Waals surface area contributed by atoms with E-state index in [2.05, 4.69) is 17.1 Å². The van der Waals surface area contributed by atoms with E-state index in [0.29, 0.717) is 11.5 Å². The van der Waals surface area contributed by atoms with Crippen LogP contribution in [0.5, 0.6) is 0 Å². The minimum atomic E-state index is -1.40. The number of carbonyl (C=O) groups is 2. The normalized spacial score (nSPS) is 31.0. The quantitative estimate of drug-likeness (QED) is 0.162. The van der Waals surface area contributed by atoms with E-state index in [1.165, 1.54) is 23.5 Å². The van der Waals surface area contributed by atoms with Crippen LogP contribution in [0.2, 0.25) is 0 Å². The number of hydrogen-bond donors (Lipinski definition) is 4. The summed E-state index contributed by atoms with van der Waals surface area (Å²) in [6.45, 7) is 4.96. The molecule has 224 valence electrons. The maximum absolute atomic E-state index is 13.6. The molecular weight excluding hydrogens is 550 g/mol. The Morgan fingerprint density at radius 3 is 2.45 bits per heavy atom. The fourth-order valence-electron chi connectivity index (χ4n) is 5.59. The second-order valence-corrected chi connectivity index (χ2v) is 13.5. The van der Waals surface area contributed by atoms with Crippen molar-refractivity contribution in [3.05, 3.63) is 36.0 Å². The summed E-state index contributed by atoms with van der Waals surface area (Å²) < 4.78 is 6.11. The highest BCUT2D eigenvalue weighted by Crippen LogP contribution is 2.35. The van der Waals surface area contributed by atoms with Crippen molar-refractivity contribution >= 4 is 41.3 Å². The maximum atomic E-state index is 13.6. The summed E-state index contributed by atoms with van der Waals surface area (Å²) >= 11 is 2.75. The average molecular weight is 596 g/mol. The molecule has 2 aliphatic heterocycles. The van der Waals surface area contributed by atoms with Gasteiger partial charge in [0, 0.05) is 42.6 Å². The van der Waals surface area contributed by atoms with E-state index in [-0.39, 0.29) is 17.2 Å². The lowest BCUT2D eigenvalue weighted by Crippen LogP contribution is -2.65.